The summed E-state index contributed by atoms with van der Waals surface area (Å²) >= 11 is 3.27. The molecule has 0 atom stereocenters. The lowest BCUT2D eigenvalue weighted by Gasteiger charge is -2.07. The highest BCUT2D eigenvalue weighted by Gasteiger charge is 2.13. The normalized spacial score (nSPS) is 10.9. The molecule has 24 heavy (non-hydrogen) atoms. The summed E-state index contributed by atoms with van der Waals surface area (Å²) in [5.74, 6) is -1.59. The van der Waals surface area contributed by atoms with E-state index in [1.165, 1.54) is 24.3 Å². The Bertz CT molecular complexity index is 849. The van der Waals surface area contributed by atoms with Crippen molar-refractivity contribution >= 4 is 43.5 Å². The van der Waals surface area contributed by atoms with Crippen molar-refractivity contribution in [2.75, 3.05) is 5.32 Å². The highest BCUT2D eigenvalue weighted by atomic mass is 79.9. The maximum Gasteiger partial charge on any atom is 0.313 e. The van der Waals surface area contributed by atoms with E-state index in [4.69, 9.17) is 5.14 Å². The number of sulfonamides is 1. The van der Waals surface area contributed by atoms with Crippen LogP contribution in [-0.4, -0.2) is 20.2 Å². The summed E-state index contributed by atoms with van der Waals surface area (Å²) in [4.78, 5) is 23.5. The Labute approximate surface area is 147 Å². The van der Waals surface area contributed by atoms with E-state index in [1.54, 1.807) is 24.3 Å². The molecule has 126 valence electrons. The van der Waals surface area contributed by atoms with Crippen molar-refractivity contribution in [1.82, 2.24) is 5.32 Å². The van der Waals surface area contributed by atoms with Crippen molar-refractivity contribution in [3.8, 4) is 0 Å². The van der Waals surface area contributed by atoms with E-state index in [0.717, 1.165) is 4.47 Å². The molecule has 4 N–H and O–H groups in total. The second-order valence-electron chi connectivity index (χ2n) is 4.83. The number of anilines is 1. The predicted octanol–water partition coefficient (Wildman–Crippen LogP) is 1.35. The van der Waals surface area contributed by atoms with Crippen molar-refractivity contribution in [3.63, 3.8) is 0 Å². The van der Waals surface area contributed by atoms with Gasteiger partial charge in [0.05, 0.1) is 4.90 Å². The Balaban J connectivity index is 1.90. The van der Waals surface area contributed by atoms with Crippen LogP contribution in [0.2, 0.25) is 0 Å². The molecule has 0 aliphatic rings. The van der Waals surface area contributed by atoms with Crippen molar-refractivity contribution in [2.24, 2.45) is 5.14 Å². The molecule has 0 unspecified atom stereocenters. The maximum atomic E-state index is 11.8. The van der Waals surface area contributed by atoms with Crippen molar-refractivity contribution in [2.45, 2.75) is 11.4 Å². The zero-order valence-electron chi connectivity index (χ0n) is 12.3. The van der Waals surface area contributed by atoms with Gasteiger partial charge in [0.25, 0.3) is 0 Å². The minimum absolute atomic E-state index is 0.0226. The SMILES string of the molecule is NS(=O)(=O)c1ccc(CNC(=O)C(=O)Nc2ccc(Br)cc2)cc1. The summed E-state index contributed by atoms with van der Waals surface area (Å²) in [6.07, 6.45) is 0. The van der Waals surface area contributed by atoms with Gasteiger partial charge in [0.2, 0.25) is 10.0 Å². The standard InChI is InChI=1S/C15H14BrN3O4S/c16-11-3-5-12(6-4-11)19-15(21)14(20)18-9-10-1-7-13(8-2-10)24(17,22)23/h1-8H,9H2,(H,18,20)(H,19,21)(H2,17,22,23). The zero-order chi connectivity index (χ0) is 17.7. The summed E-state index contributed by atoms with van der Waals surface area (Å²) in [5.41, 5.74) is 1.13. The van der Waals surface area contributed by atoms with Crippen LogP contribution >= 0.6 is 15.9 Å². The largest absolute Gasteiger partial charge is 0.344 e. The van der Waals surface area contributed by atoms with Gasteiger partial charge in [0, 0.05) is 16.7 Å². The van der Waals surface area contributed by atoms with Gasteiger partial charge < -0.3 is 10.6 Å². The molecular weight excluding hydrogens is 398 g/mol. The number of carbonyl (C=O) groups is 2. The van der Waals surface area contributed by atoms with Gasteiger partial charge in [-0.25, -0.2) is 13.6 Å². The van der Waals surface area contributed by atoms with Gasteiger partial charge >= 0.3 is 11.8 Å². The van der Waals surface area contributed by atoms with E-state index in [0.29, 0.717) is 11.3 Å². The molecule has 0 bridgehead atoms. The van der Waals surface area contributed by atoms with E-state index in [1.807, 2.05) is 0 Å². The number of nitrogens with one attached hydrogen (secondary N) is 2. The molecule has 0 saturated carbocycles. The number of nitrogens with two attached hydrogens (primary N) is 1. The predicted molar refractivity (Wildman–Crippen MR) is 92.4 cm³/mol. The molecular formula is C15H14BrN3O4S. The number of amides is 2. The summed E-state index contributed by atoms with van der Waals surface area (Å²) in [6.45, 7) is 0.0808. The summed E-state index contributed by atoms with van der Waals surface area (Å²) < 4.78 is 23.1. The molecule has 2 aromatic rings. The molecule has 0 radical (unpaired) electrons. The minimum Gasteiger partial charge on any atom is -0.344 e. The molecule has 0 heterocycles. The summed E-state index contributed by atoms with van der Waals surface area (Å²) in [6, 6.07) is 12.5. The molecule has 0 aliphatic carbocycles. The number of halogens is 1. The van der Waals surface area contributed by atoms with Gasteiger partial charge in [0.1, 0.15) is 0 Å². The van der Waals surface area contributed by atoms with Crippen LogP contribution in [0.4, 0.5) is 5.69 Å². The Kier molecular flexibility index (Phi) is 5.71. The second-order valence-corrected chi connectivity index (χ2v) is 7.31. The monoisotopic (exact) mass is 411 g/mol. The van der Waals surface area contributed by atoms with E-state index in [2.05, 4.69) is 26.6 Å². The van der Waals surface area contributed by atoms with Crippen LogP contribution in [0.15, 0.2) is 57.9 Å². The van der Waals surface area contributed by atoms with Gasteiger partial charge in [0.15, 0.2) is 0 Å². The Morgan fingerprint density at radius 2 is 1.54 bits per heavy atom. The lowest BCUT2D eigenvalue weighted by atomic mass is 10.2. The smallest absolute Gasteiger partial charge is 0.313 e. The van der Waals surface area contributed by atoms with Gasteiger partial charge in [-0.3, -0.25) is 9.59 Å². The highest BCUT2D eigenvalue weighted by molar-refractivity contribution is 9.10. The number of hydrogen-bond acceptors (Lipinski definition) is 4. The van der Waals surface area contributed by atoms with E-state index in [-0.39, 0.29) is 11.4 Å². The third kappa shape index (κ3) is 5.15. The third-order valence-electron chi connectivity index (χ3n) is 3.01. The van der Waals surface area contributed by atoms with Crippen molar-refractivity contribution in [1.29, 1.82) is 0 Å². The average molecular weight is 412 g/mol. The first kappa shape index (κ1) is 18.1. The van der Waals surface area contributed by atoms with Crippen LogP contribution in [0.5, 0.6) is 0 Å². The zero-order valence-corrected chi connectivity index (χ0v) is 14.7. The lowest BCUT2D eigenvalue weighted by Crippen LogP contribution is -2.34. The van der Waals surface area contributed by atoms with Crippen molar-refractivity contribution < 1.29 is 18.0 Å². The van der Waals surface area contributed by atoms with Crippen LogP contribution in [0, 0.1) is 0 Å². The van der Waals surface area contributed by atoms with Gasteiger partial charge in [-0.1, -0.05) is 28.1 Å². The molecule has 0 aromatic heterocycles. The van der Waals surface area contributed by atoms with Crippen LogP contribution in [-0.2, 0) is 26.2 Å². The van der Waals surface area contributed by atoms with Crippen LogP contribution in [0.25, 0.3) is 0 Å². The van der Waals surface area contributed by atoms with Gasteiger partial charge in [-0.15, -0.1) is 0 Å². The molecule has 0 fully saturated rings. The molecule has 2 rings (SSSR count). The van der Waals surface area contributed by atoms with Gasteiger partial charge in [-0.2, -0.15) is 0 Å². The summed E-state index contributed by atoms with van der Waals surface area (Å²) in [5, 5.41) is 9.91. The van der Waals surface area contributed by atoms with E-state index in [9.17, 15) is 18.0 Å². The topological polar surface area (TPSA) is 118 Å². The quantitative estimate of drug-likeness (QED) is 0.657. The average Bonchev–Trinajstić information content (AvgIpc) is 2.54. The molecule has 0 aliphatic heterocycles. The van der Waals surface area contributed by atoms with Crippen molar-refractivity contribution in [3.05, 3.63) is 58.6 Å². The van der Waals surface area contributed by atoms with Crippen LogP contribution in [0.3, 0.4) is 0 Å². The van der Waals surface area contributed by atoms with E-state index >= 15 is 0 Å². The number of carbonyl (C=O) groups excluding carboxylic acids is 2. The number of benzene rings is 2. The molecule has 0 saturated heterocycles. The van der Waals surface area contributed by atoms with Crippen LogP contribution in [0.1, 0.15) is 5.56 Å². The minimum atomic E-state index is -3.76. The first-order valence-electron chi connectivity index (χ1n) is 6.72. The second kappa shape index (κ2) is 7.56. The lowest BCUT2D eigenvalue weighted by molar-refractivity contribution is -0.136. The highest BCUT2D eigenvalue weighted by Crippen LogP contribution is 2.14. The molecule has 2 aromatic carbocycles. The molecule has 7 nitrogen and oxygen atoms in total. The number of hydrogen-bond donors (Lipinski definition) is 3. The molecule has 0 spiro atoms. The molecule has 2 amide bonds. The number of rotatable bonds is 4. The molecule has 9 heteroatoms. The first-order chi connectivity index (χ1) is 11.3. The fourth-order valence-electron chi connectivity index (χ4n) is 1.78. The summed E-state index contributed by atoms with van der Waals surface area (Å²) in [7, 11) is -3.76. The van der Waals surface area contributed by atoms with Crippen LogP contribution < -0.4 is 15.8 Å². The van der Waals surface area contributed by atoms with Gasteiger partial charge in [-0.05, 0) is 42.0 Å². The Hall–Kier alpha value is -2.23. The Morgan fingerprint density at radius 3 is 2.08 bits per heavy atom. The fourth-order valence-corrected chi connectivity index (χ4v) is 2.56. The Morgan fingerprint density at radius 1 is 0.958 bits per heavy atom. The van der Waals surface area contributed by atoms with E-state index < -0.39 is 21.8 Å². The fraction of sp³-hybridized carbons (Fsp3) is 0.0667. The maximum absolute atomic E-state index is 11.8. The first-order valence-corrected chi connectivity index (χ1v) is 9.06. The number of primary sulfonamides is 1. The third-order valence-corrected chi connectivity index (χ3v) is 4.47.